The molecule has 0 bridgehead atoms. The Labute approximate surface area is 131 Å². The Morgan fingerprint density at radius 2 is 2.15 bits per heavy atom. The van der Waals surface area contributed by atoms with Crippen molar-refractivity contribution >= 4 is 44.3 Å². The van der Waals surface area contributed by atoms with Gasteiger partial charge in [0.25, 0.3) is 10.0 Å². The zero-order valence-electron chi connectivity index (χ0n) is 11.3. The molecule has 0 aromatic carbocycles. The predicted octanol–water partition coefficient (Wildman–Crippen LogP) is 3.42. The van der Waals surface area contributed by atoms with Crippen LogP contribution in [0.2, 0.25) is 4.47 Å². The van der Waals surface area contributed by atoms with E-state index in [1.54, 1.807) is 18.3 Å². The number of nitrogens with one attached hydrogen (secondary N) is 1. The van der Waals surface area contributed by atoms with Gasteiger partial charge in [0, 0.05) is 16.8 Å². The van der Waals surface area contributed by atoms with Gasteiger partial charge in [0.2, 0.25) is 0 Å². The Kier molecular flexibility index (Phi) is 4.56. The predicted molar refractivity (Wildman–Crippen MR) is 84.4 cm³/mol. The van der Waals surface area contributed by atoms with Gasteiger partial charge in [-0.2, -0.15) is 0 Å². The monoisotopic (exact) mass is 350 g/mol. The molecule has 0 unspecified atom stereocenters. The number of aromatic nitrogens is 1. The molecule has 110 valence electrons. The fraction of sp³-hybridized carbons (Fsp3) is 0.417. The average Bonchev–Trinajstić information content (AvgIpc) is 2.97. The molecule has 0 fully saturated rings. The molecule has 20 heavy (non-hydrogen) atoms. The molecule has 0 aliphatic heterocycles. The zero-order valence-corrected chi connectivity index (χ0v) is 14.5. The third-order valence-electron chi connectivity index (χ3n) is 2.86. The highest BCUT2D eigenvalue weighted by atomic mass is 35.5. The van der Waals surface area contributed by atoms with Gasteiger partial charge < -0.3 is 0 Å². The molecule has 0 spiro atoms. The molecule has 2 heterocycles. The van der Waals surface area contributed by atoms with Crippen molar-refractivity contribution in [2.75, 3.05) is 6.54 Å². The summed E-state index contributed by atoms with van der Waals surface area (Å²) in [6, 6.07) is 3.97. The van der Waals surface area contributed by atoms with Crippen LogP contribution in [0.25, 0.3) is 0 Å². The van der Waals surface area contributed by atoms with Crippen LogP contribution in [-0.4, -0.2) is 19.9 Å². The van der Waals surface area contributed by atoms with E-state index in [9.17, 15) is 8.42 Å². The summed E-state index contributed by atoms with van der Waals surface area (Å²) >= 11 is 8.35. The number of aryl methyl sites for hydroxylation is 1. The number of hydrogen-bond donors (Lipinski definition) is 1. The second kappa shape index (κ2) is 5.73. The SMILES string of the molecule is Cc1nc(Cl)sc1S(=O)(=O)NCC(C)(C)c1cccs1. The summed E-state index contributed by atoms with van der Waals surface area (Å²) in [7, 11) is -3.57. The van der Waals surface area contributed by atoms with Crippen molar-refractivity contribution in [3.8, 4) is 0 Å². The molecule has 2 aromatic rings. The molecular weight excluding hydrogens is 336 g/mol. The normalized spacial score (nSPS) is 12.8. The highest BCUT2D eigenvalue weighted by Crippen LogP contribution is 2.29. The number of thiazole rings is 1. The van der Waals surface area contributed by atoms with Gasteiger partial charge in [-0.25, -0.2) is 18.1 Å². The third-order valence-corrected chi connectivity index (χ3v) is 7.37. The number of hydrogen-bond acceptors (Lipinski definition) is 5. The smallest absolute Gasteiger partial charge is 0.229 e. The lowest BCUT2D eigenvalue weighted by Crippen LogP contribution is -2.36. The molecule has 2 rings (SSSR count). The van der Waals surface area contributed by atoms with E-state index < -0.39 is 10.0 Å². The van der Waals surface area contributed by atoms with Crippen LogP contribution in [0.15, 0.2) is 21.7 Å². The highest BCUT2D eigenvalue weighted by Gasteiger charge is 2.27. The second-order valence-corrected chi connectivity index (χ2v) is 9.52. The molecule has 0 saturated heterocycles. The molecule has 8 heteroatoms. The molecule has 1 N–H and O–H groups in total. The minimum absolute atomic E-state index is 0.185. The van der Waals surface area contributed by atoms with Gasteiger partial charge in [0.15, 0.2) is 8.68 Å². The standard InChI is InChI=1S/C12H15ClN2O2S3/c1-8-10(19-11(13)15-8)20(16,17)14-7-12(2,3)9-5-4-6-18-9/h4-6,14H,7H2,1-3H3. The van der Waals surface area contributed by atoms with Crippen LogP contribution in [0, 0.1) is 6.92 Å². The lowest BCUT2D eigenvalue weighted by molar-refractivity contribution is 0.510. The van der Waals surface area contributed by atoms with Crippen LogP contribution < -0.4 is 4.72 Å². The first-order chi connectivity index (χ1) is 9.22. The fourth-order valence-corrected chi connectivity index (χ4v) is 5.54. The van der Waals surface area contributed by atoms with Crippen molar-refractivity contribution in [2.24, 2.45) is 0 Å². The maximum atomic E-state index is 12.3. The van der Waals surface area contributed by atoms with E-state index in [2.05, 4.69) is 9.71 Å². The Balaban J connectivity index is 2.16. The van der Waals surface area contributed by atoms with Crippen LogP contribution in [0.5, 0.6) is 0 Å². The van der Waals surface area contributed by atoms with Crippen molar-refractivity contribution in [3.63, 3.8) is 0 Å². The Morgan fingerprint density at radius 3 is 2.65 bits per heavy atom. The molecule has 0 atom stereocenters. The van der Waals surface area contributed by atoms with Gasteiger partial charge in [0.05, 0.1) is 5.69 Å². The number of nitrogens with zero attached hydrogens (tertiary/aromatic N) is 1. The van der Waals surface area contributed by atoms with Crippen molar-refractivity contribution in [3.05, 3.63) is 32.6 Å². The van der Waals surface area contributed by atoms with E-state index in [0.717, 1.165) is 16.2 Å². The van der Waals surface area contributed by atoms with E-state index in [1.807, 2.05) is 31.4 Å². The summed E-state index contributed by atoms with van der Waals surface area (Å²) in [4.78, 5) is 5.08. The minimum atomic E-state index is -3.57. The maximum Gasteiger partial charge on any atom is 0.252 e. The Morgan fingerprint density at radius 1 is 1.45 bits per heavy atom. The first kappa shape index (κ1) is 15.9. The molecule has 0 radical (unpaired) electrons. The van der Waals surface area contributed by atoms with E-state index in [0.29, 0.717) is 12.2 Å². The highest BCUT2D eigenvalue weighted by molar-refractivity contribution is 7.91. The molecule has 0 aliphatic rings. The lowest BCUT2D eigenvalue weighted by Gasteiger charge is -2.23. The van der Waals surface area contributed by atoms with Crippen LogP contribution in [0.1, 0.15) is 24.4 Å². The van der Waals surface area contributed by atoms with Crippen LogP contribution in [0.4, 0.5) is 0 Å². The largest absolute Gasteiger partial charge is 0.252 e. The average molecular weight is 351 g/mol. The number of halogens is 1. The number of thiophene rings is 1. The Hall–Kier alpha value is -0.470. The number of sulfonamides is 1. The molecule has 0 aliphatic carbocycles. The van der Waals surface area contributed by atoms with E-state index in [1.165, 1.54) is 0 Å². The lowest BCUT2D eigenvalue weighted by atomic mass is 9.92. The molecule has 2 aromatic heterocycles. The summed E-state index contributed by atoms with van der Waals surface area (Å²) in [6.45, 7) is 5.98. The van der Waals surface area contributed by atoms with Gasteiger partial charge in [0.1, 0.15) is 0 Å². The van der Waals surface area contributed by atoms with E-state index in [-0.39, 0.29) is 14.1 Å². The topological polar surface area (TPSA) is 59.1 Å². The van der Waals surface area contributed by atoms with Gasteiger partial charge in [-0.3, -0.25) is 0 Å². The molecule has 4 nitrogen and oxygen atoms in total. The summed E-state index contributed by atoms with van der Waals surface area (Å²) in [5, 5.41) is 1.98. The molecule has 0 saturated carbocycles. The number of rotatable bonds is 5. The summed E-state index contributed by atoms with van der Waals surface area (Å²) < 4.78 is 27.6. The van der Waals surface area contributed by atoms with Crippen molar-refractivity contribution in [1.29, 1.82) is 0 Å². The van der Waals surface area contributed by atoms with Gasteiger partial charge >= 0.3 is 0 Å². The molecular formula is C12H15ClN2O2S3. The third kappa shape index (κ3) is 3.40. The van der Waals surface area contributed by atoms with E-state index in [4.69, 9.17) is 11.6 Å². The van der Waals surface area contributed by atoms with Crippen LogP contribution >= 0.6 is 34.3 Å². The summed E-state index contributed by atoms with van der Waals surface area (Å²) in [6.07, 6.45) is 0. The fourth-order valence-electron chi connectivity index (χ4n) is 1.69. The Bertz CT molecular complexity index is 690. The summed E-state index contributed by atoms with van der Waals surface area (Å²) in [5.74, 6) is 0. The molecule has 0 amide bonds. The second-order valence-electron chi connectivity index (χ2n) is 5.03. The van der Waals surface area contributed by atoms with Crippen molar-refractivity contribution in [2.45, 2.75) is 30.4 Å². The van der Waals surface area contributed by atoms with Gasteiger partial charge in [-0.1, -0.05) is 42.9 Å². The van der Waals surface area contributed by atoms with Gasteiger partial charge in [-0.15, -0.1) is 11.3 Å². The zero-order chi connectivity index (χ0) is 15.0. The summed E-state index contributed by atoms with van der Waals surface area (Å²) in [5.41, 5.74) is 0.172. The van der Waals surface area contributed by atoms with Crippen LogP contribution in [0.3, 0.4) is 0 Å². The van der Waals surface area contributed by atoms with Crippen molar-refractivity contribution in [1.82, 2.24) is 9.71 Å². The first-order valence-electron chi connectivity index (χ1n) is 5.89. The quantitative estimate of drug-likeness (QED) is 0.898. The van der Waals surface area contributed by atoms with Crippen LogP contribution in [-0.2, 0) is 15.4 Å². The maximum absolute atomic E-state index is 12.3. The van der Waals surface area contributed by atoms with Gasteiger partial charge in [-0.05, 0) is 18.4 Å². The minimum Gasteiger partial charge on any atom is -0.229 e. The first-order valence-corrected chi connectivity index (χ1v) is 9.45. The van der Waals surface area contributed by atoms with E-state index >= 15 is 0 Å². The van der Waals surface area contributed by atoms with Crippen molar-refractivity contribution < 1.29 is 8.42 Å².